The summed E-state index contributed by atoms with van der Waals surface area (Å²) in [5.74, 6) is -0.269. The number of alkyl halides is 2. The van der Waals surface area contributed by atoms with Crippen LogP contribution in [0.3, 0.4) is 0 Å². The Morgan fingerprint density at radius 1 is 1.29 bits per heavy atom. The number of rotatable bonds is 2. The van der Waals surface area contributed by atoms with Gasteiger partial charge in [-0.15, -0.1) is 0 Å². The lowest BCUT2D eigenvalue weighted by molar-refractivity contribution is 0.151. The van der Waals surface area contributed by atoms with Crippen molar-refractivity contribution in [1.82, 2.24) is 9.78 Å². The van der Waals surface area contributed by atoms with Crippen LogP contribution < -0.4 is 5.73 Å². The third-order valence-corrected chi connectivity index (χ3v) is 2.43. The average molecular weight is 241 g/mol. The molecule has 3 nitrogen and oxygen atoms in total. The van der Waals surface area contributed by atoms with Crippen molar-refractivity contribution >= 4 is 5.82 Å². The molecule has 2 N–H and O–H groups in total. The fourth-order valence-electron chi connectivity index (χ4n) is 1.49. The van der Waals surface area contributed by atoms with E-state index in [1.54, 1.807) is 7.05 Å². The van der Waals surface area contributed by atoms with Gasteiger partial charge in [0.15, 0.2) is 0 Å². The molecule has 2 rings (SSSR count). The molecule has 0 bridgehead atoms. The maximum absolute atomic E-state index is 13.5. The Hall–Kier alpha value is -1.98. The summed E-state index contributed by atoms with van der Waals surface area (Å²) < 4.78 is 39.9. The molecule has 0 saturated heterocycles. The maximum atomic E-state index is 13.5. The summed E-state index contributed by atoms with van der Waals surface area (Å²) in [6.07, 6.45) is -2.64. The first kappa shape index (κ1) is 11.5. The van der Waals surface area contributed by atoms with E-state index in [2.05, 4.69) is 5.10 Å². The van der Waals surface area contributed by atoms with Crippen LogP contribution in [0, 0.1) is 5.82 Å². The Balaban J connectivity index is 2.54. The second-order valence-corrected chi connectivity index (χ2v) is 3.62. The minimum atomic E-state index is -2.64. The molecule has 0 spiro atoms. The molecule has 1 heterocycles. The van der Waals surface area contributed by atoms with E-state index in [0.29, 0.717) is 5.82 Å². The smallest absolute Gasteiger partial charge is 0.263 e. The van der Waals surface area contributed by atoms with Gasteiger partial charge in [0.25, 0.3) is 6.43 Å². The molecule has 0 aliphatic heterocycles. The fraction of sp³-hybridized carbons (Fsp3) is 0.182. The first-order chi connectivity index (χ1) is 7.99. The molecule has 6 heteroatoms. The van der Waals surface area contributed by atoms with Crippen LogP contribution in [0.2, 0.25) is 0 Å². The number of hydrogen-bond donors (Lipinski definition) is 1. The highest BCUT2D eigenvalue weighted by molar-refractivity contribution is 5.63. The van der Waals surface area contributed by atoms with E-state index in [9.17, 15) is 13.2 Å². The molecule has 0 aliphatic carbocycles. The Kier molecular flexibility index (Phi) is 2.79. The number of benzene rings is 1. The van der Waals surface area contributed by atoms with Crippen molar-refractivity contribution in [3.8, 4) is 11.3 Å². The van der Waals surface area contributed by atoms with Gasteiger partial charge in [-0.2, -0.15) is 5.10 Å². The molecular weight excluding hydrogens is 231 g/mol. The third-order valence-electron chi connectivity index (χ3n) is 2.43. The van der Waals surface area contributed by atoms with Gasteiger partial charge in [-0.25, -0.2) is 13.2 Å². The van der Waals surface area contributed by atoms with Crippen molar-refractivity contribution < 1.29 is 13.2 Å². The Labute approximate surface area is 95.7 Å². The molecule has 1 aromatic carbocycles. The molecule has 90 valence electrons. The highest BCUT2D eigenvalue weighted by atomic mass is 19.3. The van der Waals surface area contributed by atoms with Gasteiger partial charge >= 0.3 is 0 Å². The molecule has 0 amide bonds. The number of nitrogen functional groups attached to an aromatic ring is 1. The molecule has 0 fully saturated rings. The molecule has 2 aromatic rings. The zero-order chi connectivity index (χ0) is 12.6. The molecule has 0 atom stereocenters. The molecule has 0 saturated carbocycles. The van der Waals surface area contributed by atoms with Crippen molar-refractivity contribution in [2.24, 2.45) is 7.05 Å². The van der Waals surface area contributed by atoms with Crippen molar-refractivity contribution in [2.45, 2.75) is 6.43 Å². The number of halogens is 3. The van der Waals surface area contributed by atoms with Gasteiger partial charge in [0.05, 0.1) is 5.69 Å². The minimum Gasteiger partial charge on any atom is -0.384 e. The van der Waals surface area contributed by atoms with Crippen molar-refractivity contribution in [2.75, 3.05) is 5.73 Å². The second kappa shape index (κ2) is 4.12. The van der Waals surface area contributed by atoms with E-state index in [-0.39, 0.29) is 16.8 Å². The standard InChI is InChI=1S/C11H10F3N3/c1-17-10(15)5-9(16-17)7-4-6(11(13)14)2-3-8(7)12/h2-5,11H,15H2,1H3. The van der Waals surface area contributed by atoms with Gasteiger partial charge in [0, 0.05) is 24.2 Å². The number of aromatic nitrogens is 2. The summed E-state index contributed by atoms with van der Waals surface area (Å²) in [7, 11) is 1.59. The summed E-state index contributed by atoms with van der Waals surface area (Å²) in [6, 6.07) is 4.58. The fourth-order valence-corrected chi connectivity index (χ4v) is 1.49. The van der Waals surface area contributed by atoms with Crippen LogP contribution in [-0.2, 0) is 7.05 Å². The van der Waals surface area contributed by atoms with Crippen LogP contribution in [-0.4, -0.2) is 9.78 Å². The van der Waals surface area contributed by atoms with Crippen LogP contribution in [0.15, 0.2) is 24.3 Å². The topological polar surface area (TPSA) is 43.8 Å². The van der Waals surface area contributed by atoms with Crippen LogP contribution in [0.4, 0.5) is 19.0 Å². The lowest BCUT2D eigenvalue weighted by atomic mass is 10.1. The zero-order valence-electron chi connectivity index (χ0n) is 8.99. The quantitative estimate of drug-likeness (QED) is 0.878. The van der Waals surface area contributed by atoms with Crippen LogP contribution in [0.25, 0.3) is 11.3 Å². The van der Waals surface area contributed by atoms with Gasteiger partial charge in [0.2, 0.25) is 0 Å². The largest absolute Gasteiger partial charge is 0.384 e. The van der Waals surface area contributed by atoms with E-state index in [0.717, 1.165) is 18.2 Å². The van der Waals surface area contributed by atoms with Crippen molar-refractivity contribution in [3.05, 3.63) is 35.6 Å². The lowest BCUT2D eigenvalue weighted by Gasteiger charge is -2.03. The molecule has 0 radical (unpaired) electrons. The summed E-state index contributed by atoms with van der Waals surface area (Å²) >= 11 is 0. The highest BCUT2D eigenvalue weighted by Gasteiger charge is 2.14. The zero-order valence-corrected chi connectivity index (χ0v) is 8.99. The van der Waals surface area contributed by atoms with E-state index >= 15 is 0 Å². The van der Waals surface area contributed by atoms with Crippen molar-refractivity contribution in [3.63, 3.8) is 0 Å². The third kappa shape index (κ3) is 2.11. The van der Waals surface area contributed by atoms with E-state index in [1.165, 1.54) is 10.7 Å². The predicted octanol–water partition coefficient (Wildman–Crippen LogP) is 2.75. The number of anilines is 1. The van der Waals surface area contributed by atoms with Crippen LogP contribution >= 0.6 is 0 Å². The highest BCUT2D eigenvalue weighted by Crippen LogP contribution is 2.28. The van der Waals surface area contributed by atoms with Gasteiger partial charge in [0.1, 0.15) is 11.6 Å². The first-order valence-corrected chi connectivity index (χ1v) is 4.86. The maximum Gasteiger partial charge on any atom is 0.263 e. The average Bonchev–Trinajstić information content (AvgIpc) is 2.59. The van der Waals surface area contributed by atoms with E-state index in [4.69, 9.17) is 5.73 Å². The molecule has 1 aromatic heterocycles. The molecule has 0 aliphatic rings. The van der Waals surface area contributed by atoms with Crippen LogP contribution in [0.5, 0.6) is 0 Å². The number of nitrogens with zero attached hydrogens (tertiary/aromatic N) is 2. The summed E-state index contributed by atoms with van der Waals surface area (Å²) in [6.45, 7) is 0. The molecular formula is C11H10F3N3. The number of nitrogens with two attached hydrogens (primary N) is 1. The summed E-state index contributed by atoms with van der Waals surface area (Å²) in [4.78, 5) is 0. The van der Waals surface area contributed by atoms with Gasteiger partial charge in [-0.3, -0.25) is 4.68 Å². The summed E-state index contributed by atoms with van der Waals surface area (Å²) in [5, 5.41) is 3.95. The second-order valence-electron chi connectivity index (χ2n) is 3.62. The Morgan fingerprint density at radius 2 is 2.00 bits per heavy atom. The Morgan fingerprint density at radius 3 is 2.53 bits per heavy atom. The molecule has 17 heavy (non-hydrogen) atoms. The number of hydrogen-bond acceptors (Lipinski definition) is 2. The predicted molar refractivity (Wildman–Crippen MR) is 58.0 cm³/mol. The van der Waals surface area contributed by atoms with Crippen LogP contribution in [0.1, 0.15) is 12.0 Å². The number of aryl methyl sites for hydroxylation is 1. The lowest BCUT2D eigenvalue weighted by Crippen LogP contribution is -1.97. The summed E-state index contributed by atoms with van der Waals surface area (Å²) in [5.41, 5.74) is 5.57. The Bertz CT molecular complexity index is 529. The normalized spacial score (nSPS) is 11.1. The van der Waals surface area contributed by atoms with Crippen molar-refractivity contribution in [1.29, 1.82) is 0 Å². The molecule has 0 unspecified atom stereocenters. The minimum absolute atomic E-state index is 0.0232. The van der Waals surface area contributed by atoms with E-state index in [1.807, 2.05) is 0 Å². The monoisotopic (exact) mass is 241 g/mol. The SMILES string of the molecule is Cn1nc(-c2cc(C(F)F)ccc2F)cc1N. The van der Waals surface area contributed by atoms with Gasteiger partial charge < -0.3 is 5.73 Å². The van der Waals surface area contributed by atoms with Gasteiger partial charge in [-0.1, -0.05) is 6.07 Å². The van der Waals surface area contributed by atoms with E-state index < -0.39 is 12.2 Å². The van der Waals surface area contributed by atoms with Gasteiger partial charge in [-0.05, 0) is 12.1 Å². The first-order valence-electron chi connectivity index (χ1n) is 4.86.